The molecule has 2 atom stereocenters. The number of ether oxygens (including phenoxy) is 2. The summed E-state index contributed by atoms with van der Waals surface area (Å²) < 4.78 is 10.1. The van der Waals surface area contributed by atoms with E-state index in [9.17, 15) is 5.11 Å². The molecule has 0 radical (unpaired) electrons. The molecule has 1 aliphatic rings. The van der Waals surface area contributed by atoms with Crippen molar-refractivity contribution < 1.29 is 14.6 Å². The van der Waals surface area contributed by atoms with Crippen LogP contribution in [-0.2, 0) is 9.47 Å². The molecule has 1 fully saturated rings. The lowest BCUT2D eigenvalue weighted by Gasteiger charge is -2.33. The first-order chi connectivity index (χ1) is 4.64. The highest BCUT2D eigenvalue weighted by molar-refractivity contribution is 4.67. The van der Waals surface area contributed by atoms with Gasteiger partial charge in [-0.05, 0) is 19.8 Å². The summed E-state index contributed by atoms with van der Waals surface area (Å²) in [5.74, 6) is -0.973. The highest BCUT2D eigenvalue weighted by Gasteiger charge is 2.30. The lowest BCUT2D eigenvalue weighted by molar-refractivity contribution is -0.299. The molecule has 2 unspecified atom stereocenters. The maximum atomic E-state index is 9.37. The second kappa shape index (κ2) is 2.86. The number of hydrogen-bond donors (Lipinski definition) is 1. The molecule has 3 heteroatoms. The zero-order chi connectivity index (χ0) is 7.61. The molecule has 0 saturated carbocycles. The SMILES string of the molecule is COC1CCCC(C)(O)O1. The van der Waals surface area contributed by atoms with Crippen molar-refractivity contribution in [3.8, 4) is 0 Å². The Morgan fingerprint density at radius 2 is 2.40 bits per heavy atom. The Morgan fingerprint density at radius 1 is 1.70 bits per heavy atom. The molecular formula is C7H14O3. The first kappa shape index (κ1) is 7.98. The van der Waals surface area contributed by atoms with E-state index < -0.39 is 5.79 Å². The third-order valence-electron chi connectivity index (χ3n) is 1.73. The van der Waals surface area contributed by atoms with E-state index >= 15 is 0 Å². The smallest absolute Gasteiger partial charge is 0.165 e. The molecule has 0 amide bonds. The summed E-state index contributed by atoms with van der Waals surface area (Å²) >= 11 is 0. The molecule has 0 aromatic rings. The van der Waals surface area contributed by atoms with Crippen LogP contribution in [0.2, 0.25) is 0 Å². The van der Waals surface area contributed by atoms with Crippen LogP contribution < -0.4 is 0 Å². The fourth-order valence-electron chi connectivity index (χ4n) is 1.16. The molecule has 0 aliphatic carbocycles. The van der Waals surface area contributed by atoms with E-state index in [4.69, 9.17) is 9.47 Å². The van der Waals surface area contributed by atoms with Crippen molar-refractivity contribution >= 4 is 0 Å². The average molecular weight is 146 g/mol. The van der Waals surface area contributed by atoms with Crippen LogP contribution in [0.3, 0.4) is 0 Å². The predicted octanol–water partition coefficient (Wildman–Crippen LogP) is 0.868. The summed E-state index contributed by atoms with van der Waals surface area (Å²) in [6.45, 7) is 1.66. The fraction of sp³-hybridized carbons (Fsp3) is 1.00. The van der Waals surface area contributed by atoms with E-state index in [1.54, 1.807) is 14.0 Å². The van der Waals surface area contributed by atoms with Crippen LogP contribution in [0.25, 0.3) is 0 Å². The second-order valence-electron chi connectivity index (χ2n) is 2.85. The van der Waals surface area contributed by atoms with Crippen LogP contribution in [0.4, 0.5) is 0 Å². The molecule has 60 valence electrons. The summed E-state index contributed by atoms with van der Waals surface area (Å²) in [6, 6.07) is 0. The molecule has 0 aromatic heterocycles. The zero-order valence-corrected chi connectivity index (χ0v) is 6.46. The standard InChI is InChI=1S/C7H14O3/c1-7(8)5-3-4-6(9-2)10-7/h6,8H,3-5H2,1-2H3. The summed E-state index contributed by atoms with van der Waals surface area (Å²) in [4.78, 5) is 0. The first-order valence-corrected chi connectivity index (χ1v) is 3.57. The van der Waals surface area contributed by atoms with Gasteiger partial charge in [0.25, 0.3) is 0 Å². The Kier molecular flexibility index (Phi) is 2.28. The van der Waals surface area contributed by atoms with Crippen LogP contribution in [0, 0.1) is 0 Å². The van der Waals surface area contributed by atoms with Gasteiger partial charge in [0, 0.05) is 13.5 Å². The molecular weight excluding hydrogens is 132 g/mol. The van der Waals surface area contributed by atoms with Crippen molar-refractivity contribution in [3.63, 3.8) is 0 Å². The van der Waals surface area contributed by atoms with Crippen molar-refractivity contribution in [1.29, 1.82) is 0 Å². The Morgan fingerprint density at radius 3 is 2.80 bits per heavy atom. The Labute approximate surface area is 60.9 Å². The molecule has 0 spiro atoms. The summed E-state index contributed by atoms with van der Waals surface area (Å²) in [7, 11) is 1.59. The van der Waals surface area contributed by atoms with Gasteiger partial charge in [-0.2, -0.15) is 0 Å². The minimum Gasteiger partial charge on any atom is -0.366 e. The third kappa shape index (κ3) is 1.94. The van der Waals surface area contributed by atoms with Gasteiger partial charge in [-0.15, -0.1) is 0 Å². The number of methoxy groups -OCH3 is 1. The van der Waals surface area contributed by atoms with Crippen molar-refractivity contribution in [1.82, 2.24) is 0 Å². The van der Waals surface area contributed by atoms with Crippen LogP contribution in [0.15, 0.2) is 0 Å². The van der Waals surface area contributed by atoms with Gasteiger partial charge in [-0.3, -0.25) is 0 Å². The minimum absolute atomic E-state index is 0.219. The molecule has 0 aromatic carbocycles. The number of rotatable bonds is 1. The largest absolute Gasteiger partial charge is 0.366 e. The molecule has 1 rings (SSSR count). The topological polar surface area (TPSA) is 38.7 Å². The summed E-state index contributed by atoms with van der Waals surface area (Å²) in [6.07, 6.45) is 2.33. The molecule has 10 heavy (non-hydrogen) atoms. The van der Waals surface area contributed by atoms with Gasteiger partial charge in [0.05, 0.1) is 0 Å². The van der Waals surface area contributed by atoms with Gasteiger partial charge in [-0.1, -0.05) is 0 Å². The van der Waals surface area contributed by atoms with Gasteiger partial charge in [0.2, 0.25) is 0 Å². The van der Waals surface area contributed by atoms with Crippen molar-refractivity contribution in [2.24, 2.45) is 0 Å². The van der Waals surface area contributed by atoms with E-state index in [0.29, 0.717) is 6.42 Å². The van der Waals surface area contributed by atoms with E-state index in [2.05, 4.69) is 0 Å². The quantitative estimate of drug-likeness (QED) is 0.596. The molecule has 3 nitrogen and oxygen atoms in total. The van der Waals surface area contributed by atoms with E-state index in [1.807, 2.05) is 0 Å². The van der Waals surface area contributed by atoms with Gasteiger partial charge in [-0.25, -0.2) is 0 Å². The number of hydrogen-bond acceptors (Lipinski definition) is 3. The van der Waals surface area contributed by atoms with Gasteiger partial charge < -0.3 is 14.6 Å². The third-order valence-corrected chi connectivity index (χ3v) is 1.73. The molecule has 1 heterocycles. The van der Waals surface area contributed by atoms with Crippen LogP contribution >= 0.6 is 0 Å². The average Bonchev–Trinajstić information content (AvgIpc) is 1.86. The van der Waals surface area contributed by atoms with Crippen LogP contribution in [-0.4, -0.2) is 24.3 Å². The summed E-state index contributed by atoms with van der Waals surface area (Å²) in [5, 5.41) is 9.37. The minimum atomic E-state index is -0.973. The molecule has 1 aliphatic heterocycles. The van der Waals surface area contributed by atoms with E-state index in [0.717, 1.165) is 12.8 Å². The van der Waals surface area contributed by atoms with Crippen LogP contribution in [0.5, 0.6) is 0 Å². The molecule has 1 saturated heterocycles. The zero-order valence-electron chi connectivity index (χ0n) is 6.46. The Balaban J connectivity index is 2.40. The van der Waals surface area contributed by atoms with Gasteiger partial charge in [0.1, 0.15) is 0 Å². The highest BCUT2D eigenvalue weighted by atomic mass is 16.7. The van der Waals surface area contributed by atoms with Crippen molar-refractivity contribution in [3.05, 3.63) is 0 Å². The number of aliphatic hydroxyl groups is 1. The highest BCUT2D eigenvalue weighted by Crippen LogP contribution is 2.25. The summed E-state index contributed by atoms with van der Waals surface area (Å²) in [5.41, 5.74) is 0. The fourth-order valence-corrected chi connectivity index (χ4v) is 1.16. The lowest BCUT2D eigenvalue weighted by atomic mass is 10.1. The predicted molar refractivity (Wildman–Crippen MR) is 36.4 cm³/mol. The monoisotopic (exact) mass is 146 g/mol. The Hall–Kier alpha value is -0.120. The maximum absolute atomic E-state index is 9.37. The molecule has 0 bridgehead atoms. The van der Waals surface area contributed by atoms with E-state index in [-0.39, 0.29) is 6.29 Å². The van der Waals surface area contributed by atoms with Crippen molar-refractivity contribution in [2.75, 3.05) is 7.11 Å². The maximum Gasteiger partial charge on any atom is 0.165 e. The van der Waals surface area contributed by atoms with Gasteiger partial charge in [0.15, 0.2) is 12.1 Å². The van der Waals surface area contributed by atoms with Crippen LogP contribution in [0.1, 0.15) is 26.2 Å². The van der Waals surface area contributed by atoms with E-state index in [1.165, 1.54) is 0 Å². The second-order valence-corrected chi connectivity index (χ2v) is 2.85. The lowest BCUT2D eigenvalue weighted by Crippen LogP contribution is -2.38. The molecule has 1 N–H and O–H groups in total. The van der Waals surface area contributed by atoms with Crippen molar-refractivity contribution in [2.45, 2.75) is 38.3 Å². The Bertz CT molecular complexity index is 111. The first-order valence-electron chi connectivity index (χ1n) is 3.57. The normalized spacial score (nSPS) is 41.7. The van der Waals surface area contributed by atoms with Gasteiger partial charge >= 0.3 is 0 Å².